The Labute approximate surface area is 73.4 Å². The molecule has 0 saturated carbocycles. The second-order valence-electron chi connectivity index (χ2n) is 2.25. The Morgan fingerprint density at radius 3 is 2.85 bits per heavy atom. The number of nitro groups is 1. The largest absolute Gasteiger partial charge is 0.502 e. The van der Waals surface area contributed by atoms with Gasteiger partial charge < -0.3 is 10.9 Å². The Balaban J connectivity index is 3.26. The molecule has 0 spiro atoms. The zero-order valence-corrected chi connectivity index (χ0v) is 6.54. The highest BCUT2D eigenvalue weighted by Crippen LogP contribution is 2.27. The number of rotatable bonds is 2. The van der Waals surface area contributed by atoms with E-state index in [1.165, 1.54) is 18.2 Å². The minimum absolute atomic E-state index is 0.219. The highest BCUT2D eigenvalue weighted by molar-refractivity contribution is 5.85. The zero-order chi connectivity index (χ0) is 9.84. The van der Waals surface area contributed by atoms with E-state index in [2.05, 4.69) is 5.10 Å². The summed E-state index contributed by atoms with van der Waals surface area (Å²) in [5.74, 6) is 4.42. The van der Waals surface area contributed by atoms with Crippen LogP contribution in [0.5, 0.6) is 5.75 Å². The van der Waals surface area contributed by atoms with E-state index < -0.39 is 10.7 Å². The SMILES string of the molecule is NN=Cc1cccc([N+](=O)[O-])c1O. The fraction of sp³-hybridized carbons (Fsp3) is 0. The van der Waals surface area contributed by atoms with E-state index in [0.717, 1.165) is 6.21 Å². The van der Waals surface area contributed by atoms with E-state index in [1.807, 2.05) is 0 Å². The Morgan fingerprint density at radius 1 is 1.62 bits per heavy atom. The van der Waals surface area contributed by atoms with Crippen LogP contribution in [0.2, 0.25) is 0 Å². The third-order valence-corrected chi connectivity index (χ3v) is 1.46. The highest BCUT2D eigenvalue weighted by atomic mass is 16.6. The molecular weight excluding hydrogens is 174 g/mol. The molecule has 0 bridgehead atoms. The van der Waals surface area contributed by atoms with Gasteiger partial charge in [-0.1, -0.05) is 6.07 Å². The maximum Gasteiger partial charge on any atom is 0.311 e. The van der Waals surface area contributed by atoms with Crippen LogP contribution < -0.4 is 5.84 Å². The number of phenolic OH excluding ortho intramolecular Hbond substituents is 1. The number of hydrazone groups is 1. The van der Waals surface area contributed by atoms with Crippen LogP contribution in [-0.2, 0) is 0 Å². The number of nitrogens with two attached hydrogens (primary N) is 1. The third kappa shape index (κ3) is 1.73. The van der Waals surface area contributed by atoms with Gasteiger partial charge >= 0.3 is 5.69 Å². The van der Waals surface area contributed by atoms with Gasteiger partial charge in [-0.05, 0) is 6.07 Å². The Morgan fingerprint density at radius 2 is 2.31 bits per heavy atom. The lowest BCUT2D eigenvalue weighted by Gasteiger charge is -1.97. The Kier molecular flexibility index (Phi) is 2.44. The summed E-state index contributed by atoms with van der Waals surface area (Å²) < 4.78 is 0. The van der Waals surface area contributed by atoms with Crippen LogP contribution in [0.15, 0.2) is 23.3 Å². The van der Waals surface area contributed by atoms with Crippen LogP contribution in [0.3, 0.4) is 0 Å². The molecule has 0 radical (unpaired) electrons. The second-order valence-corrected chi connectivity index (χ2v) is 2.25. The first-order chi connectivity index (χ1) is 6.16. The minimum Gasteiger partial charge on any atom is -0.502 e. The summed E-state index contributed by atoms with van der Waals surface area (Å²) in [6.45, 7) is 0. The summed E-state index contributed by atoms with van der Waals surface area (Å²) in [6, 6.07) is 4.11. The van der Waals surface area contributed by atoms with Gasteiger partial charge in [0.15, 0.2) is 0 Å². The fourth-order valence-corrected chi connectivity index (χ4v) is 0.880. The van der Waals surface area contributed by atoms with E-state index >= 15 is 0 Å². The van der Waals surface area contributed by atoms with Crippen LogP contribution in [0, 0.1) is 10.1 Å². The lowest BCUT2D eigenvalue weighted by Crippen LogP contribution is -1.92. The first-order valence-corrected chi connectivity index (χ1v) is 3.36. The molecule has 0 aliphatic rings. The van der Waals surface area contributed by atoms with Crippen molar-refractivity contribution in [1.82, 2.24) is 0 Å². The first-order valence-electron chi connectivity index (χ1n) is 3.36. The summed E-state index contributed by atoms with van der Waals surface area (Å²) in [6.07, 6.45) is 1.14. The average Bonchev–Trinajstić information content (AvgIpc) is 2.08. The van der Waals surface area contributed by atoms with Crippen molar-refractivity contribution in [3.8, 4) is 5.75 Å². The van der Waals surface area contributed by atoms with Crippen molar-refractivity contribution in [2.75, 3.05) is 0 Å². The summed E-state index contributed by atoms with van der Waals surface area (Å²) in [5.41, 5.74) is -0.144. The van der Waals surface area contributed by atoms with Crippen molar-refractivity contribution in [3.63, 3.8) is 0 Å². The van der Waals surface area contributed by atoms with E-state index in [4.69, 9.17) is 5.84 Å². The van der Waals surface area contributed by atoms with Gasteiger partial charge in [0.1, 0.15) is 0 Å². The molecule has 3 N–H and O–H groups in total. The van der Waals surface area contributed by atoms with Gasteiger partial charge in [0.05, 0.1) is 11.1 Å². The molecule has 0 aromatic heterocycles. The topological polar surface area (TPSA) is 102 Å². The van der Waals surface area contributed by atoms with Gasteiger partial charge in [0.25, 0.3) is 0 Å². The van der Waals surface area contributed by atoms with Crippen molar-refractivity contribution >= 4 is 11.9 Å². The smallest absolute Gasteiger partial charge is 0.311 e. The third-order valence-electron chi connectivity index (χ3n) is 1.46. The minimum atomic E-state index is -0.677. The van der Waals surface area contributed by atoms with E-state index in [-0.39, 0.29) is 11.3 Å². The Bertz CT molecular complexity index is 362. The van der Waals surface area contributed by atoms with Crippen LogP contribution in [-0.4, -0.2) is 16.2 Å². The number of nitro benzene ring substituents is 1. The summed E-state index contributed by atoms with van der Waals surface area (Å²) >= 11 is 0. The molecule has 0 fully saturated rings. The van der Waals surface area contributed by atoms with E-state index in [0.29, 0.717) is 0 Å². The first kappa shape index (κ1) is 8.98. The molecule has 0 heterocycles. The van der Waals surface area contributed by atoms with Crippen LogP contribution in [0.4, 0.5) is 5.69 Å². The molecule has 0 aliphatic heterocycles. The molecule has 68 valence electrons. The Hall–Kier alpha value is -2.11. The van der Waals surface area contributed by atoms with Crippen LogP contribution in [0.25, 0.3) is 0 Å². The number of para-hydroxylation sites is 1. The standard InChI is InChI=1S/C7H7N3O3/c8-9-4-5-2-1-3-6(7(5)11)10(12)13/h1-4,11H,8H2. The van der Waals surface area contributed by atoms with Gasteiger partial charge in [0, 0.05) is 11.6 Å². The highest BCUT2D eigenvalue weighted by Gasteiger charge is 2.14. The molecule has 6 heteroatoms. The fourth-order valence-electron chi connectivity index (χ4n) is 0.880. The van der Waals surface area contributed by atoms with Crippen molar-refractivity contribution in [2.24, 2.45) is 10.9 Å². The molecule has 1 aromatic rings. The molecule has 0 saturated heterocycles. The number of benzene rings is 1. The second kappa shape index (κ2) is 3.53. The molecule has 1 rings (SSSR count). The maximum absolute atomic E-state index is 10.3. The molecule has 13 heavy (non-hydrogen) atoms. The lowest BCUT2D eigenvalue weighted by atomic mass is 10.2. The molecule has 6 nitrogen and oxygen atoms in total. The number of phenols is 1. The number of aromatic hydroxyl groups is 1. The molecule has 0 atom stereocenters. The monoisotopic (exact) mass is 181 g/mol. The zero-order valence-electron chi connectivity index (χ0n) is 6.54. The van der Waals surface area contributed by atoms with Crippen molar-refractivity contribution < 1.29 is 10.0 Å². The molecular formula is C7H7N3O3. The molecule has 0 amide bonds. The average molecular weight is 181 g/mol. The number of hydrogen-bond donors (Lipinski definition) is 2. The molecule has 0 unspecified atom stereocenters. The van der Waals surface area contributed by atoms with Gasteiger partial charge in [-0.3, -0.25) is 10.1 Å². The predicted molar refractivity (Wildman–Crippen MR) is 46.5 cm³/mol. The van der Waals surface area contributed by atoms with Crippen LogP contribution >= 0.6 is 0 Å². The van der Waals surface area contributed by atoms with Gasteiger partial charge in [-0.2, -0.15) is 5.10 Å². The van der Waals surface area contributed by atoms with Gasteiger partial charge in [-0.15, -0.1) is 0 Å². The van der Waals surface area contributed by atoms with Gasteiger partial charge in [-0.25, -0.2) is 0 Å². The van der Waals surface area contributed by atoms with Gasteiger partial charge in [0.2, 0.25) is 5.75 Å². The lowest BCUT2D eigenvalue weighted by molar-refractivity contribution is -0.385. The van der Waals surface area contributed by atoms with Crippen molar-refractivity contribution in [1.29, 1.82) is 0 Å². The quantitative estimate of drug-likeness (QED) is 0.301. The summed E-state index contributed by atoms with van der Waals surface area (Å²) in [5, 5.41) is 22.8. The number of hydrogen-bond acceptors (Lipinski definition) is 5. The predicted octanol–water partition coefficient (Wildman–Crippen LogP) is 0.593. The summed E-state index contributed by atoms with van der Waals surface area (Å²) in [4.78, 5) is 9.67. The van der Waals surface area contributed by atoms with Crippen molar-refractivity contribution in [2.45, 2.75) is 0 Å². The molecule has 1 aromatic carbocycles. The van der Waals surface area contributed by atoms with E-state index in [1.54, 1.807) is 0 Å². The normalized spacial score (nSPS) is 10.5. The molecule has 0 aliphatic carbocycles. The maximum atomic E-state index is 10.3. The summed E-state index contributed by atoms with van der Waals surface area (Å²) in [7, 11) is 0. The van der Waals surface area contributed by atoms with E-state index in [9.17, 15) is 15.2 Å². The number of nitrogens with zero attached hydrogens (tertiary/aromatic N) is 2. The van der Waals surface area contributed by atoms with Crippen LogP contribution in [0.1, 0.15) is 5.56 Å². The van der Waals surface area contributed by atoms with Crippen molar-refractivity contribution in [3.05, 3.63) is 33.9 Å².